The van der Waals surface area contributed by atoms with Crippen molar-refractivity contribution < 1.29 is 9.90 Å². The molecule has 0 aromatic heterocycles. The first-order chi connectivity index (χ1) is 9.69. The maximum Gasteiger partial charge on any atom is 0.322 e. The van der Waals surface area contributed by atoms with Gasteiger partial charge in [-0.1, -0.05) is 26.0 Å². The molecule has 1 aromatic rings. The molecule has 1 aliphatic rings. The second kappa shape index (κ2) is 6.75. The number of benzene rings is 1. The highest BCUT2D eigenvalue weighted by atomic mass is 16.3. The van der Waals surface area contributed by atoms with Crippen LogP contribution in [-0.2, 0) is 12.8 Å². The van der Waals surface area contributed by atoms with E-state index in [1.165, 1.54) is 5.56 Å². The van der Waals surface area contributed by atoms with E-state index in [1.54, 1.807) is 4.90 Å². The number of anilines is 1. The Morgan fingerprint density at radius 3 is 2.85 bits per heavy atom. The van der Waals surface area contributed by atoms with Crippen LogP contribution in [0.1, 0.15) is 37.8 Å². The predicted molar refractivity (Wildman–Crippen MR) is 81.0 cm³/mol. The lowest BCUT2D eigenvalue weighted by molar-refractivity contribution is 0.166. The van der Waals surface area contributed by atoms with E-state index in [2.05, 4.69) is 37.4 Å². The smallest absolute Gasteiger partial charge is 0.322 e. The van der Waals surface area contributed by atoms with E-state index in [0.717, 1.165) is 43.5 Å². The average Bonchev–Trinajstić information content (AvgIpc) is 2.95. The number of nitrogens with one attached hydrogen (secondary N) is 1. The third kappa shape index (κ3) is 3.12. The SMILES string of the molecule is CCc1ccc(CC)c(NC(=O)N2CCC[C@H]2CO)c1. The highest BCUT2D eigenvalue weighted by molar-refractivity contribution is 5.90. The largest absolute Gasteiger partial charge is 0.394 e. The lowest BCUT2D eigenvalue weighted by atomic mass is 10.1. The Hall–Kier alpha value is -1.55. The van der Waals surface area contributed by atoms with Crippen LogP contribution in [0, 0.1) is 0 Å². The van der Waals surface area contributed by atoms with E-state index in [1.807, 2.05) is 0 Å². The van der Waals surface area contributed by atoms with Crippen LogP contribution in [0.2, 0.25) is 0 Å². The minimum atomic E-state index is -0.0931. The fraction of sp³-hybridized carbons (Fsp3) is 0.562. The van der Waals surface area contributed by atoms with Crippen molar-refractivity contribution in [2.45, 2.75) is 45.6 Å². The van der Waals surface area contributed by atoms with Gasteiger partial charge in [0.15, 0.2) is 0 Å². The predicted octanol–water partition coefficient (Wildman–Crippen LogP) is 2.80. The third-order valence-electron chi connectivity index (χ3n) is 4.05. The van der Waals surface area contributed by atoms with Gasteiger partial charge in [0.25, 0.3) is 0 Å². The van der Waals surface area contributed by atoms with Crippen LogP contribution in [0.15, 0.2) is 18.2 Å². The average molecular weight is 276 g/mol. The van der Waals surface area contributed by atoms with Gasteiger partial charge in [-0.2, -0.15) is 0 Å². The number of likely N-dealkylation sites (tertiary alicyclic amines) is 1. The van der Waals surface area contributed by atoms with Crippen LogP contribution in [0.4, 0.5) is 10.5 Å². The zero-order valence-electron chi connectivity index (χ0n) is 12.4. The summed E-state index contributed by atoms with van der Waals surface area (Å²) in [4.78, 5) is 14.1. The van der Waals surface area contributed by atoms with E-state index in [4.69, 9.17) is 0 Å². The van der Waals surface area contributed by atoms with Gasteiger partial charge in [-0.25, -0.2) is 4.79 Å². The Morgan fingerprint density at radius 2 is 2.20 bits per heavy atom. The number of carbonyl (C=O) groups excluding carboxylic acids is 1. The molecule has 0 spiro atoms. The summed E-state index contributed by atoms with van der Waals surface area (Å²) in [7, 11) is 0. The van der Waals surface area contributed by atoms with Crippen molar-refractivity contribution in [2.75, 3.05) is 18.5 Å². The van der Waals surface area contributed by atoms with Gasteiger partial charge in [0, 0.05) is 12.2 Å². The number of aliphatic hydroxyl groups is 1. The summed E-state index contributed by atoms with van der Waals surface area (Å²) < 4.78 is 0. The molecule has 2 N–H and O–H groups in total. The zero-order chi connectivity index (χ0) is 14.5. The van der Waals surface area contributed by atoms with Crippen LogP contribution in [0.25, 0.3) is 0 Å². The molecule has 1 aliphatic heterocycles. The van der Waals surface area contributed by atoms with Crippen LogP contribution >= 0.6 is 0 Å². The number of aryl methyl sites for hydroxylation is 2. The third-order valence-corrected chi connectivity index (χ3v) is 4.05. The molecule has 0 unspecified atom stereocenters. The Balaban J connectivity index is 2.14. The number of aliphatic hydroxyl groups excluding tert-OH is 1. The van der Waals surface area contributed by atoms with Gasteiger partial charge in [-0.15, -0.1) is 0 Å². The molecule has 0 bridgehead atoms. The van der Waals surface area contributed by atoms with Gasteiger partial charge in [-0.05, 0) is 42.9 Å². The van der Waals surface area contributed by atoms with Gasteiger partial charge in [-0.3, -0.25) is 0 Å². The fourth-order valence-electron chi connectivity index (χ4n) is 2.75. The molecule has 20 heavy (non-hydrogen) atoms. The summed E-state index contributed by atoms with van der Waals surface area (Å²) in [5.41, 5.74) is 3.27. The van der Waals surface area contributed by atoms with E-state index in [-0.39, 0.29) is 18.7 Å². The Kier molecular flexibility index (Phi) is 5.01. The summed E-state index contributed by atoms with van der Waals surface area (Å²) in [5.74, 6) is 0. The van der Waals surface area contributed by atoms with Crippen molar-refractivity contribution in [3.63, 3.8) is 0 Å². The number of carbonyl (C=O) groups is 1. The first-order valence-electron chi connectivity index (χ1n) is 7.49. The van der Waals surface area contributed by atoms with Crippen LogP contribution in [0.5, 0.6) is 0 Å². The quantitative estimate of drug-likeness (QED) is 0.888. The maximum absolute atomic E-state index is 12.4. The second-order valence-electron chi connectivity index (χ2n) is 5.30. The first kappa shape index (κ1) is 14.9. The molecule has 1 saturated heterocycles. The highest BCUT2D eigenvalue weighted by Gasteiger charge is 2.28. The lowest BCUT2D eigenvalue weighted by Crippen LogP contribution is -2.40. The zero-order valence-corrected chi connectivity index (χ0v) is 12.4. The van der Waals surface area contributed by atoms with E-state index < -0.39 is 0 Å². The molecule has 1 aromatic carbocycles. The minimum Gasteiger partial charge on any atom is -0.394 e. The van der Waals surface area contributed by atoms with E-state index in [9.17, 15) is 9.90 Å². The summed E-state index contributed by atoms with van der Waals surface area (Å²) in [6.07, 6.45) is 3.70. The Labute approximate surface area is 120 Å². The molecule has 0 saturated carbocycles. The van der Waals surface area contributed by atoms with Crippen molar-refractivity contribution in [1.82, 2.24) is 4.90 Å². The van der Waals surface area contributed by atoms with Crippen molar-refractivity contribution in [1.29, 1.82) is 0 Å². The molecule has 0 aliphatic carbocycles. The number of amides is 2. The molecule has 0 radical (unpaired) electrons. The molecule has 4 heteroatoms. The lowest BCUT2D eigenvalue weighted by Gasteiger charge is -2.24. The molecular weight excluding hydrogens is 252 g/mol. The topological polar surface area (TPSA) is 52.6 Å². The standard InChI is InChI=1S/C16H24N2O2/c1-3-12-7-8-13(4-2)15(10-12)17-16(20)18-9-5-6-14(18)11-19/h7-8,10,14,19H,3-6,9,11H2,1-2H3,(H,17,20)/t14-/m0/s1. The Morgan fingerprint density at radius 1 is 1.40 bits per heavy atom. The Bertz CT molecular complexity index is 474. The van der Waals surface area contributed by atoms with E-state index >= 15 is 0 Å². The minimum absolute atomic E-state index is 0.0329. The molecular formula is C16H24N2O2. The first-order valence-corrected chi connectivity index (χ1v) is 7.49. The maximum atomic E-state index is 12.4. The summed E-state index contributed by atoms with van der Waals surface area (Å²) >= 11 is 0. The molecule has 4 nitrogen and oxygen atoms in total. The number of rotatable bonds is 4. The normalized spacial score (nSPS) is 18.4. The summed E-state index contributed by atoms with van der Waals surface area (Å²) in [6.45, 7) is 4.97. The van der Waals surface area contributed by atoms with Gasteiger partial charge in [0.1, 0.15) is 0 Å². The highest BCUT2D eigenvalue weighted by Crippen LogP contribution is 2.22. The van der Waals surface area contributed by atoms with Crippen LogP contribution in [-0.4, -0.2) is 35.2 Å². The van der Waals surface area contributed by atoms with Crippen LogP contribution in [0.3, 0.4) is 0 Å². The number of hydrogen-bond acceptors (Lipinski definition) is 2. The summed E-state index contributed by atoms with van der Waals surface area (Å²) in [6, 6.07) is 6.13. The number of hydrogen-bond donors (Lipinski definition) is 2. The molecule has 1 heterocycles. The van der Waals surface area contributed by atoms with Gasteiger partial charge >= 0.3 is 6.03 Å². The molecule has 110 valence electrons. The molecule has 1 atom stereocenters. The monoisotopic (exact) mass is 276 g/mol. The van der Waals surface area contributed by atoms with Crippen molar-refractivity contribution in [3.8, 4) is 0 Å². The number of nitrogens with zero attached hydrogens (tertiary/aromatic N) is 1. The van der Waals surface area contributed by atoms with E-state index in [0.29, 0.717) is 0 Å². The molecule has 2 amide bonds. The van der Waals surface area contributed by atoms with Crippen molar-refractivity contribution in [2.24, 2.45) is 0 Å². The molecule has 1 fully saturated rings. The van der Waals surface area contributed by atoms with Gasteiger partial charge < -0.3 is 15.3 Å². The fourth-order valence-corrected chi connectivity index (χ4v) is 2.75. The van der Waals surface area contributed by atoms with Crippen LogP contribution < -0.4 is 5.32 Å². The van der Waals surface area contributed by atoms with Crippen molar-refractivity contribution in [3.05, 3.63) is 29.3 Å². The van der Waals surface area contributed by atoms with Gasteiger partial charge in [0.05, 0.1) is 12.6 Å². The molecule has 2 rings (SSSR count). The summed E-state index contributed by atoms with van der Waals surface area (Å²) in [5, 5.41) is 12.3. The van der Waals surface area contributed by atoms with Crippen molar-refractivity contribution >= 4 is 11.7 Å². The number of urea groups is 1. The second-order valence-corrected chi connectivity index (χ2v) is 5.30. The van der Waals surface area contributed by atoms with Gasteiger partial charge in [0.2, 0.25) is 0 Å².